The minimum absolute atomic E-state index is 0. The van der Waals surface area contributed by atoms with Crippen molar-refractivity contribution in [1.29, 1.82) is 0 Å². The second-order valence-corrected chi connectivity index (χ2v) is 6.27. The molecule has 0 bridgehead atoms. The van der Waals surface area contributed by atoms with Crippen LogP contribution in [0.25, 0.3) is 0 Å². The van der Waals surface area contributed by atoms with Crippen molar-refractivity contribution < 1.29 is 4.79 Å². The highest BCUT2D eigenvalue weighted by Crippen LogP contribution is 2.24. The second-order valence-electron chi connectivity index (χ2n) is 5.43. The molecule has 1 aliphatic heterocycles. The topological polar surface area (TPSA) is 44.4 Å². The van der Waals surface area contributed by atoms with Gasteiger partial charge in [0.15, 0.2) is 0 Å². The summed E-state index contributed by atoms with van der Waals surface area (Å²) in [7, 11) is 2.01. The third kappa shape index (κ3) is 5.80. The van der Waals surface area contributed by atoms with Crippen LogP contribution in [-0.2, 0) is 4.79 Å². The predicted octanol–water partition coefficient (Wildman–Crippen LogP) is 2.84. The summed E-state index contributed by atoms with van der Waals surface area (Å²) in [6.07, 6.45) is 5.03. The minimum atomic E-state index is 0. The van der Waals surface area contributed by atoms with E-state index >= 15 is 0 Å². The number of amides is 1. The lowest BCUT2D eigenvalue weighted by Crippen LogP contribution is -2.45. The number of hydrogen-bond acceptors (Lipinski definition) is 4. The number of benzene rings is 1. The molecule has 0 aliphatic carbocycles. The summed E-state index contributed by atoms with van der Waals surface area (Å²) in [5, 5.41) is 6.36. The molecule has 1 unspecified atom stereocenters. The Labute approximate surface area is 143 Å². The summed E-state index contributed by atoms with van der Waals surface area (Å²) in [5.41, 5.74) is 0.918. The van der Waals surface area contributed by atoms with Gasteiger partial charge < -0.3 is 15.5 Å². The van der Waals surface area contributed by atoms with Gasteiger partial charge in [-0.2, -0.15) is 0 Å². The van der Waals surface area contributed by atoms with Crippen molar-refractivity contribution >= 4 is 35.8 Å². The third-order valence-electron chi connectivity index (χ3n) is 3.95. The quantitative estimate of drug-likeness (QED) is 0.780. The number of hydrogen-bond donors (Lipinski definition) is 2. The summed E-state index contributed by atoms with van der Waals surface area (Å²) < 4.78 is 0. The molecule has 2 N–H and O–H groups in total. The first-order valence-corrected chi connectivity index (χ1v) is 8.78. The molecule has 4 nitrogen and oxygen atoms in total. The maximum atomic E-state index is 12.1. The summed E-state index contributed by atoms with van der Waals surface area (Å²) in [6.45, 7) is 2.99. The average Bonchev–Trinajstić information content (AvgIpc) is 2.53. The van der Waals surface area contributed by atoms with Crippen LogP contribution in [0.1, 0.15) is 19.3 Å². The molecule has 1 amide bonds. The van der Waals surface area contributed by atoms with Crippen molar-refractivity contribution in [1.82, 2.24) is 10.2 Å². The van der Waals surface area contributed by atoms with E-state index in [1.165, 1.54) is 12.8 Å². The van der Waals surface area contributed by atoms with Crippen LogP contribution < -0.4 is 10.6 Å². The highest BCUT2D eigenvalue weighted by Gasteiger charge is 2.18. The van der Waals surface area contributed by atoms with E-state index in [1.807, 2.05) is 37.6 Å². The van der Waals surface area contributed by atoms with Crippen molar-refractivity contribution in [2.45, 2.75) is 30.2 Å². The van der Waals surface area contributed by atoms with Crippen molar-refractivity contribution in [3.8, 4) is 0 Å². The van der Waals surface area contributed by atoms with E-state index in [0.29, 0.717) is 12.5 Å². The molecule has 1 atom stereocenters. The fourth-order valence-corrected chi connectivity index (χ4v) is 3.27. The average molecular weight is 344 g/mol. The maximum absolute atomic E-state index is 12.1. The van der Waals surface area contributed by atoms with E-state index in [-0.39, 0.29) is 18.3 Å². The van der Waals surface area contributed by atoms with Crippen molar-refractivity contribution in [3.63, 3.8) is 0 Å². The van der Waals surface area contributed by atoms with Crippen LogP contribution in [0.4, 0.5) is 5.69 Å². The van der Waals surface area contributed by atoms with Crippen molar-refractivity contribution in [2.75, 3.05) is 38.3 Å². The predicted molar refractivity (Wildman–Crippen MR) is 97.2 cm³/mol. The van der Waals surface area contributed by atoms with Gasteiger partial charge in [-0.3, -0.25) is 4.79 Å². The normalized spacial score (nSPS) is 18.5. The molecule has 1 aromatic carbocycles. The highest BCUT2D eigenvalue weighted by atomic mass is 35.5. The molecule has 6 heteroatoms. The lowest BCUT2D eigenvalue weighted by Gasteiger charge is -2.32. The zero-order valence-electron chi connectivity index (χ0n) is 13.3. The van der Waals surface area contributed by atoms with Crippen LogP contribution in [0, 0.1) is 0 Å². The summed E-state index contributed by atoms with van der Waals surface area (Å²) in [6, 6.07) is 8.51. The fourth-order valence-electron chi connectivity index (χ4n) is 2.71. The summed E-state index contributed by atoms with van der Waals surface area (Å²) in [4.78, 5) is 15.6. The Kier molecular flexibility index (Phi) is 8.86. The van der Waals surface area contributed by atoms with Crippen LogP contribution in [-0.4, -0.2) is 49.8 Å². The number of nitrogens with zero attached hydrogens (tertiary/aromatic N) is 1. The second kappa shape index (κ2) is 10.1. The number of thioether (sulfide) groups is 1. The Morgan fingerprint density at radius 2 is 2.18 bits per heavy atom. The number of likely N-dealkylation sites (tertiary alicyclic amines) is 1. The molecular formula is C16H26ClN3OS. The molecule has 1 aromatic rings. The number of carbonyl (C=O) groups excluding carboxylic acids is 1. The Bertz CT molecular complexity index is 472. The SMILES string of the molecule is CNC1CCCN(CCC(=O)Nc2ccccc2SC)C1.Cl. The van der Waals surface area contributed by atoms with Gasteiger partial charge in [0.05, 0.1) is 5.69 Å². The van der Waals surface area contributed by atoms with Crippen LogP contribution in [0.5, 0.6) is 0 Å². The molecule has 124 valence electrons. The Balaban J connectivity index is 0.00000242. The largest absolute Gasteiger partial charge is 0.325 e. The summed E-state index contributed by atoms with van der Waals surface area (Å²) in [5.74, 6) is 0.100. The monoisotopic (exact) mass is 343 g/mol. The molecule has 1 saturated heterocycles. The number of likely N-dealkylation sites (N-methyl/N-ethyl adjacent to an activating group) is 1. The Hall–Kier alpha value is -0.750. The number of anilines is 1. The minimum Gasteiger partial charge on any atom is -0.325 e. The maximum Gasteiger partial charge on any atom is 0.225 e. The number of nitrogens with one attached hydrogen (secondary N) is 2. The van der Waals surface area contributed by atoms with Crippen molar-refractivity contribution in [3.05, 3.63) is 24.3 Å². The van der Waals surface area contributed by atoms with Crippen molar-refractivity contribution in [2.24, 2.45) is 0 Å². The van der Waals surface area contributed by atoms with Gasteiger partial charge in [-0.25, -0.2) is 0 Å². The fraction of sp³-hybridized carbons (Fsp3) is 0.562. The molecule has 1 fully saturated rings. The highest BCUT2D eigenvalue weighted by molar-refractivity contribution is 7.98. The van der Waals surface area contributed by atoms with Crippen LogP contribution in [0.3, 0.4) is 0 Å². The molecular weight excluding hydrogens is 318 g/mol. The molecule has 0 radical (unpaired) electrons. The van der Waals surface area contributed by atoms with Crippen LogP contribution in [0.15, 0.2) is 29.2 Å². The van der Waals surface area contributed by atoms with E-state index in [0.717, 1.165) is 30.2 Å². The smallest absolute Gasteiger partial charge is 0.225 e. The number of carbonyl (C=O) groups is 1. The first kappa shape index (κ1) is 19.3. The van der Waals surface area contributed by atoms with Crippen LogP contribution >= 0.6 is 24.2 Å². The third-order valence-corrected chi connectivity index (χ3v) is 4.75. The van der Waals surface area contributed by atoms with Gasteiger partial charge >= 0.3 is 0 Å². The first-order chi connectivity index (χ1) is 10.2. The van der Waals surface area contributed by atoms with Gasteiger partial charge in [-0.1, -0.05) is 12.1 Å². The molecule has 2 rings (SSSR count). The first-order valence-electron chi connectivity index (χ1n) is 7.55. The molecule has 1 heterocycles. The number of rotatable bonds is 6. The zero-order valence-corrected chi connectivity index (χ0v) is 14.9. The lowest BCUT2D eigenvalue weighted by molar-refractivity contribution is -0.116. The molecule has 0 spiro atoms. The number of halogens is 1. The number of piperidine rings is 1. The van der Waals surface area contributed by atoms with Gasteiger partial charge in [0, 0.05) is 30.4 Å². The van der Waals surface area contributed by atoms with E-state index in [4.69, 9.17) is 0 Å². The molecule has 1 aliphatic rings. The van der Waals surface area contributed by atoms with Gasteiger partial charge in [0.1, 0.15) is 0 Å². The standard InChI is InChI=1S/C16H25N3OS.ClH/c1-17-13-6-5-10-19(12-13)11-9-16(20)18-14-7-3-4-8-15(14)21-2;/h3-4,7-8,13,17H,5-6,9-12H2,1-2H3,(H,18,20);1H. The molecule has 0 aromatic heterocycles. The summed E-state index contributed by atoms with van der Waals surface area (Å²) >= 11 is 1.65. The van der Waals surface area contributed by atoms with Gasteiger partial charge in [0.25, 0.3) is 0 Å². The van der Waals surface area contributed by atoms with E-state index in [9.17, 15) is 4.79 Å². The lowest BCUT2D eigenvalue weighted by atomic mass is 10.1. The van der Waals surface area contributed by atoms with Gasteiger partial charge in [0.2, 0.25) is 5.91 Å². The van der Waals surface area contributed by atoms with Gasteiger partial charge in [-0.15, -0.1) is 24.2 Å². The van der Waals surface area contributed by atoms with Gasteiger partial charge in [-0.05, 0) is 44.8 Å². The Morgan fingerprint density at radius 1 is 1.41 bits per heavy atom. The van der Waals surface area contributed by atoms with E-state index in [1.54, 1.807) is 11.8 Å². The van der Waals surface area contributed by atoms with E-state index < -0.39 is 0 Å². The molecule has 0 saturated carbocycles. The Morgan fingerprint density at radius 3 is 2.91 bits per heavy atom. The number of para-hydroxylation sites is 1. The van der Waals surface area contributed by atoms with Crippen LogP contribution in [0.2, 0.25) is 0 Å². The van der Waals surface area contributed by atoms with E-state index in [2.05, 4.69) is 15.5 Å². The molecule has 22 heavy (non-hydrogen) atoms. The zero-order chi connectivity index (χ0) is 15.1.